The molecule has 12 rings (SSSR count). The molecule has 0 spiro atoms. The summed E-state index contributed by atoms with van der Waals surface area (Å²) in [7, 11) is 1.60. The molecule has 0 radical (unpaired) electrons. The van der Waals surface area contributed by atoms with Crippen LogP contribution in [0.2, 0.25) is 0 Å². The molecule has 4 unspecified atom stereocenters. The van der Waals surface area contributed by atoms with Crippen LogP contribution in [0.1, 0.15) is 209 Å². The Morgan fingerprint density at radius 2 is 0.772 bits per heavy atom. The molecule has 0 bridgehead atoms. The third-order valence-corrected chi connectivity index (χ3v) is 22.8. The summed E-state index contributed by atoms with van der Waals surface area (Å²) in [4.78, 5) is 90.4. The van der Waals surface area contributed by atoms with Crippen molar-refractivity contribution in [2.24, 2.45) is 40.5 Å². The molecule has 4 atom stereocenters. The lowest BCUT2D eigenvalue weighted by atomic mass is 9.64. The molecule has 0 saturated heterocycles. The quantitative estimate of drug-likeness (QED) is 0.00923. The molecule has 0 aliphatic heterocycles. The molecular weight excluding hydrogens is 1440 g/mol. The molecule has 114 heavy (non-hydrogen) atoms. The first-order chi connectivity index (χ1) is 55.7. The Labute approximate surface area is 670 Å². The number of carbonyl (C=O) groups is 6. The van der Waals surface area contributed by atoms with E-state index in [0.717, 1.165) is 103 Å². The Kier molecular flexibility index (Phi) is 34.8. The van der Waals surface area contributed by atoms with Crippen molar-refractivity contribution in [3.8, 4) is 17.8 Å². The van der Waals surface area contributed by atoms with Crippen LogP contribution in [0.5, 0.6) is 11.5 Å². The number of methoxy groups -OCH3 is 1. The number of ether oxygens (including phenoxy) is 7. The van der Waals surface area contributed by atoms with Gasteiger partial charge < -0.3 is 48.2 Å². The standard InChI is InChI=1S/C50H58O8.C28H30N2O3.C18H20O5/c1-35(51)31-36-13-17-38(18-14-36)48(40-21-23-43(24-22-40)49(53)41-9-5-3-6-10-41)39-19-15-37(16-20-39)32-47(52)57-30-29-56-46(33-55-2)34-58-45-27-25-44(26-28-45)50(54)42-11-7-4-8-12-42;29-18-33-26-16-12-22(13-17-26)27(21-10-14-25(15-11-21)30-19-31)20-6-8-24(9-7-20)28(32)23-4-2-1-3-5-23;19-10-11-22-17(12-20)13-23-16-8-6-15(7-9-16)18(21)14-4-2-1-3-5-14/h3-12,21-28,36-39,46,48H,13-20,29-34H2,1-2H3;1-9,21-22,25-27H,10-17H2;1-9,17,19-20H,10-13H2. The maximum Gasteiger partial charge on any atom is 0.306 e. The number of nitriles is 1. The molecule has 18 nitrogen and oxygen atoms in total. The lowest BCUT2D eigenvalue weighted by Crippen LogP contribution is -2.31. The van der Waals surface area contributed by atoms with Gasteiger partial charge in [0, 0.05) is 64.5 Å². The Morgan fingerprint density at radius 3 is 1.13 bits per heavy atom. The summed E-state index contributed by atoms with van der Waals surface area (Å²) in [6.07, 6.45) is 20.1. The fraction of sp³-hybridized carbons (Fsp3) is 0.417. The number of isocyanates is 1. The summed E-state index contributed by atoms with van der Waals surface area (Å²) in [6.45, 7) is 2.67. The number of Topliss-reactive ketones (excluding diaryl/α,β-unsaturated/α-hetero) is 1. The minimum absolute atomic E-state index is 0.0354. The minimum atomic E-state index is -0.493. The van der Waals surface area contributed by atoms with Crippen molar-refractivity contribution >= 4 is 41.0 Å². The van der Waals surface area contributed by atoms with Gasteiger partial charge in [-0.05, 0) is 217 Å². The van der Waals surface area contributed by atoms with E-state index in [1.165, 1.54) is 11.1 Å². The first kappa shape index (κ1) is 86.1. The number of aliphatic hydroxyl groups excluding tert-OH is 2. The van der Waals surface area contributed by atoms with Gasteiger partial charge in [-0.1, -0.05) is 170 Å². The van der Waals surface area contributed by atoms with Crippen LogP contribution in [0.25, 0.3) is 0 Å². The molecule has 4 fully saturated rings. The molecule has 8 aromatic rings. The summed E-state index contributed by atoms with van der Waals surface area (Å²) in [5, 5.41) is 26.7. The van der Waals surface area contributed by atoms with Gasteiger partial charge in [-0.3, -0.25) is 24.0 Å². The lowest BCUT2D eigenvalue weighted by Gasteiger charge is -2.41. The molecule has 18 heteroatoms. The van der Waals surface area contributed by atoms with E-state index in [1.807, 2.05) is 128 Å². The number of nitrogens with zero attached hydrogens (tertiary/aromatic N) is 2. The molecule has 0 heterocycles. The highest BCUT2D eigenvalue weighted by Gasteiger charge is 2.39. The number of hydrogen-bond acceptors (Lipinski definition) is 18. The lowest BCUT2D eigenvalue weighted by molar-refractivity contribution is -0.148. The Hall–Kier alpha value is -10.4. The molecule has 4 aliphatic rings. The van der Waals surface area contributed by atoms with Gasteiger partial charge in [0.05, 0.1) is 39.1 Å². The van der Waals surface area contributed by atoms with Gasteiger partial charge >= 0.3 is 5.97 Å². The number of benzene rings is 8. The monoisotopic (exact) mass is 1540 g/mol. The smallest absolute Gasteiger partial charge is 0.306 e. The van der Waals surface area contributed by atoms with E-state index in [2.05, 4.69) is 29.3 Å². The van der Waals surface area contributed by atoms with E-state index in [0.29, 0.717) is 117 Å². The van der Waals surface area contributed by atoms with Gasteiger partial charge in [-0.2, -0.15) is 5.26 Å². The highest BCUT2D eigenvalue weighted by atomic mass is 16.6. The number of aliphatic imine (C=N–C) groups is 1. The number of ketones is 5. The second-order valence-electron chi connectivity index (χ2n) is 30.5. The molecule has 4 saturated carbocycles. The number of rotatable bonds is 36. The second-order valence-corrected chi connectivity index (χ2v) is 30.5. The maximum absolute atomic E-state index is 13.2. The van der Waals surface area contributed by atoms with Crippen LogP contribution in [0.4, 0.5) is 0 Å². The van der Waals surface area contributed by atoms with Crippen molar-refractivity contribution in [3.63, 3.8) is 0 Å². The van der Waals surface area contributed by atoms with E-state index in [1.54, 1.807) is 92.9 Å². The van der Waals surface area contributed by atoms with Crippen LogP contribution in [-0.2, 0) is 38.1 Å². The molecule has 2 N–H and O–H groups in total. The van der Waals surface area contributed by atoms with Crippen LogP contribution in [-0.4, -0.2) is 135 Å². The number of aliphatic hydroxyl groups is 2. The zero-order valence-electron chi connectivity index (χ0n) is 65.6. The van der Waals surface area contributed by atoms with Crippen molar-refractivity contribution in [2.75, 3.05) is 60.0 Å². The van der Waals surface area contributed by atoms with Crippen molar-refractivity contribution < 1.29 is 76.9 Å². The average molecular weight is 1550 g/mol. The summed E-state index contributed by atoms with van der Waals surface area (Å²) >= 11 is 0. The van der Waals surface area contributed by atoms with Gasteiger partial charge in [-0.15, -0.1) is 0 Å². The largest absolute Gasteiger partial charge is 0.491 e. The number of hydrogen-bond donors (Lipinski definition) is 2. The predicted molar refractivity (Wildman–Crippen MR) is 435 cm³/mol. The van der Waals surface area contributed by atoms with Crippen LogP contribution >= 0.6 is 0 Å². The van der Waals surface area contributed by atoms with Gasteiger partial charge in [0.25, 0.3) is 6.26 Å². The fourth-order valence-electron chi connectivity index (χ4n) is 17.0. The van der Waals surface area contributed by atoms with Crippen LogP contribution in [0.3, 0.4) is 0 Å². The fourth-order valence-corrected chi connectivity index (χ4v) is 17.0. The minimum Gasteiger partial charge on any atom is -0.491 e. The summed E-state index contributed by atoms with van der Waals surface area (Å²) in [5.41, 5.74) is 7.83. The highest BCUT2D eigenvalue weighted by Crippen LogP contribution is 2.50. The van der Waals surface area contributed by atoms with E-state index >= 15 is 0 Å². The molecule has 4 aliphatic carbocycles. The van der Waals surface area contributed by atoms with Crippen molar-refractivity contribution in [1.82, 2.24) is 0 Å². The Morgan fingerprint density at radius 1 is 0.421 bits per heavy atom. The van der Waals surface area contributed by atoms with Gasteiger partial charge in [0.2, 0.25) is 6.08 Å². The zero-order valence-corrected chi connectivity index (χ0v) is 65.6. The zero-order chi connectivity index (χ0) is 80.2. The molecule has 8 aromatic carbocycles. The Bertz CT molecular complexity index is 4330. The molecule has 0 aromatic heterocycles. The van der Waals surface area contributed by atoms with Crippen LogP contribution in [0, 0.1) is 47.0 Å². The van der Waals surface area contributed by atoms with Crippen molar-refractivity contribution in [1.29, 1.82) is 5.26 Å². The second kappa shape index (κ2) is 46.1. The van der Waals surface area contributed by atoms with E-state index in [4.69, 9.17) is 48.6 Å². The van der Waals surface area contributed by atoms with E-state index in [-0.39, 0.29) is 105 Å². The third-order valence-electron chi connectivity index (χ3n) is 22.8. The third kappa shape index (κ3) is 26.4. The normalized spacial score (nSPS) is 20.2. The molecule has 598 valence electrons. The summed E-state index contributed by atoms with van der Waals surface area (Å²) < 4.78 is 38.8. The van der Waals surface area contributed by atoms with Gasteiger partial charge in [-0.25, -0.2) is 9.79 Å². The van der Waals surface area contributed by atoms with E-state index in [9.17, 15) is 33.6 Å². The number of esters is 1. The topological polar surface area (TPSA) is 261 Å². The SMILES string of the molecule is COCC(COc1ccc(C(=O)c2ccccc2)cc1)OCCOC(=O)CC1CCC(C(c2ccc(C(=O)c3ccccc3)cc2)C2CCC(CC(C)=O)CC2)CC1.N#COC1CCC(C(c2ccc(C(=O)c3ccccc3)cc2)C2CCC(N=C=O)CC2)CC1.O=C(c1ccccc1)c1ccc(OCC(CO)OCCO)cc1. The summed E-state index contributed by atoms with van der Waals surface area (Å²) in [5.74, 6) is 4.90. The van der Waals surface area contributed by atoms with Crippen LogP contribution in [0.15, 0.2) is 223 Å². The first-order valence-electron chi connectivity index (χ1n) is 40.5. The molecule has 0 amide bonds. The van der Waals surface area contributed by atoms with E-state index < -0.39 is 6.10 Å². The predicted octanol–water partition coefficient (Wildman–Crippen LogP) is 17.5. The summed E-state index contributed by atoms with van der Waals surface area (Å²) in [6, 6.07) is 67.5. The van der Waals surface area contributed by atoms with Crippen molar-refractivity contribution in [3.05, 3.63) is 274 Å². The van der Waals surface area contributed by atoms with Gasteiger partial charge in [0.1, 0.15) is 55.4 Å². The highest BCUT2D eigenvalue weighted by molar-refractivity contribution is 6.10. The Balaban J connectivity index is 0.000000205. The van der Waals surface area contributed by atoms with Crippen molar-refractivity contribution in [2.45, 2.75) is 159 Å². The maximum atomic E-state index is 13.2. The average Bonchev–Trinajstić information content (AvgIpc) is 0.801. The number of carbonyl (C=O) groups excluding carboxylic acids is 7. The first-order valence-corrected chi connectivity index (χ1v) is 40.5. The van der Waals surface area contributed by atoms with Crippen LogP contribution < -0.4 is 9.47 Å². The molecular formula is C96H108N2O16. The van der Waals surface area contributed by atoms with Gasteiger partial charge in [0.15, 0.2) is 23.1 Å².